The number of rotatable bonds is 1. The minimum absolute atomic E-state index is 0.230. The van der Waals surface area contributed by atoms with Crippen LogP contribution in [0, 0.1) is 5.41 Å². The SMILES string of the molecule is CC(C)(C)C1(c2ccccc2)COC1. The Morgan fingerprint density at radius 2 is 1.64 bits per heavy atom. The van der Waals surface area contributed by atoms with E-state index in [0.717, 1.165) is 13.2 Å². The minimum atomic E-state index is 0.230. The topological polar surface area (TPSA) is 9.23 Å². The van der Waals surface area contributed by atoms with E-state index in [9.17, 15) is 0 Å². The molecular formula is C13H18O. The Morgan fingerprint density at radius 1 is 1.07 bits per heavy atom. The lowest BCUT2D eigenvalue weighted by molar-refractivity contribution is -0.113. The molecule has 1 fully saturated rings. The molecule has 0 amide bonds. The molecule has 76 valence electrons. The smallest absolute Gasteiger partial charge is 0.0590 e. The first-order valence-corrected chi connectivity index (χ1v) is 5.20. The molecular weight excluding hydrogens is 172 g/mol. The zero-order chi connectivity index (χ0) is 10.2. The van der Waals surface area contributed by atoms with E-state index < -0.39 is 0 Å². The molecule has 0 aliphatic carbocycles. The van der Waals surface area contributed by atoms with Crippen LogP contribution in [0.1, 0.15) is 26.3 Å². The van der Waals surface area contributed by atoms with Gasteiger partial charge in [-0.25, -0.2) is 0 Å². The molecule has 0 N–H and O–H groups in total. The number of ether oxygens (including phenoxy) is 1. The normalized spacial score (nSPS) is 20.2. The zero-order valence-electron chi connectivity index (χ0n) is 9.21. The molecule has 0 unspecified atom stereocenters. The maximum Gasteiger partial charge on any atom is 0.0590 e. The fraction of sp³-hybridized carbons (Fsp3) is 0.538. The second kappa shape index (κ2) is 3.09. The molecule has 0 atom stereocenters. The van der Waals surface area contributed by atoms with Gasteiger partial charge in [-0.3, -0.25) is 0 Å². The van der Waals surface area contributed by atoms with Crippen molar-refractivity contribution >= 4 is 0 Å². The predicted octanol–water partition coefficient (Wildman–Crippen LogP) is 3.00. The number of benzene rings is 1. The van der Waals surface area contributed by atoms with Gasteiger partial charge in [-0.05, 0) is 11.0 Å². The van der Waals surface area contributed by atoms with Gasteiger partial charge in [0, 0.05) is 5.41 Å². The van der Waals surface area contributed by atoms with Crippen molar-refractivity contribution in [2.24, 2.45) is 5.41 Å². The highest BCUT2D eigenvalue weighted by Crippen LogP contribution is 2.46. The summed E-state index contributed by atoms with van der Waals surface area (Å²) >= 11 is 0. The van der Waals surface area contributed by atoms with Crippen LogP contribution in [0.25, 0.3) is 0 Å². The molecule has 1 aromatic carbocycles. The largest absolute Gasteiger partial charge is 0.379 e. The summed E-state index contributed by atoms with van der Waals surface area (Å²) in [6.45, 7) is 8.61. The van der Waals surface area contributed by atoms with Crippen LogP contribution < -0.4 is 0 Å². The second-order valence-electron chi connectivity index (χ2n) is 5.19. The van der Waals surface area contributed by atoms with Gasteiger partial charge in [0.15, 0.2) is 0 Å². The zero-order valence-corrected chi connectivity index (χ0v) is 9.21. The van der Waals surface area contributed by atoms with Crippen LogP contribution in [0.4, 0.5) is 0 Å². The van der Waals surface area contributed by atoms with E-state index in [1.807, 2.05) is 0 Å². The first kappa shape index (κ1) is 9.72. The summed E-state index contributed by atoms with van der Waals surface area (Å²) < 4.78 is 5.42. The summed E-state index contributed by atoms with van der Waals surface area (Å²) in [7, 11) is 0. The van der Waals surface area contributed by atoms with Crippen molar-refractivity contribution in [3.05, 3.63) is 35.9 Å². The van der Waals surface area contributed by atoms with Gasteiger partial charge in [-0.15, -0.1) is 0 Å². The Kier molecular flexibility index (Phi) is 2.15. The van der Waals surface area contributed by atoms with Crippen molar-refractivity contribution < 1.29 is 4.74 Å². The minimum Gasteiger partial charge on any atom is -0.379 e. The van der Waals surface area contributed by atoms with Crippen LogP contribution in [0.15, 0.2) is 30.3 Å². The van der Waals surface area contributed by atoms with Gasteiger partial charge in [-0.1, -0.05) is 51.1 Å². The Morgan fingerprint density at radius 3 is 2.00 bits per heavy atom. The summed E-state index contributed by atoms with van der Waals surface area (Å²) in [5.74, 6) is 0. The Balaban J connectivity index is 2.39. The average molecular weight is 190 g/mol. The summed E-state index contributed by atoms with van der Waals surface area (Å²) in [4.78, 5) is 0. The first-order valence-electron chi connectivity index (χ1n) is 5.20. The van der Waals surface area contributed by atoms with E-state index >= 15 is 0 Å². The van der Waals surface area contributed by atoms with Crippen LogP contribution in [0.5, 0.6) is 0 Å². The number of hydrogen-bond donors (Lipinski definition) is 0. The monoisotopic (exact) mass is 190 g/mol. The highest BCUT2D eigenvalue weighted by atomic mass is 16.5. The summed E-state index contributed by atoms with van der Waals surface area (Å²) in [5, 5.41) is 0. The van der Waals surface area contributed by atoms with E-state index in [-0.39, 0.29) is 10.8 Å². The van der Waals surface area contributed by atoms with E-state index in [4.69, 9.17) is 4.74 Å². The van der Waals surface area contributed by atoms with E-state index in [1.165, 1.54) is 5.56 Å². The van der Waals surface area contributed by atoms with Crippen molar-refractivity contribution in [2.45, 2.75) is 26.2 Å². The number of hydrogen-bond acceptors (Lipinski definition) is 1. The fourth-order valence-electron chi connectivity index (χ4n) is 2.10. The Labute approximate surface area is 86.1 Å². The molecule has 0 aromatic heterocycles. The van der Waals surface area contributed by atoms with Crippen LogP contribution >= 0.6 is 0 Å². The van der Waals surface area contributed by atoms with Gasteiger partial charge in [0.05, 0.1) is 13.2 Å². The van der Waals surface area contributed by atoms with Crippen LogP contribution in [0.2, 0.25) is 0 Å². The lowest BCUT2D eigenvalue weighted by Crippen LogP contribution is -2.55. The van der Waals surface area contributed by atoms with Crippen LogP contribution in [-0.2, 0) is 10.2 Å². The molecule has 0 saturated carbocycles. The van der Waals surface area contributed by atoms with Crippen molar-refractivity contribution in [2.75, 3.05) is 13.2 Å². The molecule has 1 aromatic rings. The third-order valence-electron chi connectivity index (χ3n) is 3.46. The third-order valence-corrected chi connectivity index (χ3v) is 3.46. The maximum atomic E-state index is 5.42. The van der Waals surface area contributed by atoms with Crippen LogP contribution in [-0.4, -0.2) is 13.2 Å². The fourth-order valence-corrected chi connectivity index (χ4v) is 2.10. The van der Waals surface area contributed by atoms with E-state index in [0.29, 0.717) is 0 Å². The van der Waals surface area contributed by atoms with Crippen molar-refractivity contribution in [3.8, 4) is 0 Å². The van der Waals surface area contributed by atoms with E-state index in [1.54, 1.807) is 0 Å². The highest BCUT2D eigenvalue weighted by molar-refractivity contribution is 5.30. The first-order chi connectivity index (χ1) is 6.56. The molecule has 1 aliphatic rings. The van der Waals surface area contributed by atoms with Crippen molar-refractivity contribution in [1.82, 2.24) is 0 Å². The second-order valence-corrected chi connectivity index (χ2v) is 5.19. The molecule has 2 rings (SSSR count). The molecule has 14 heavy (non-hydrogen) atoms. The maximum absolute atomic E-state index is 5.42. The molecule has 0 spiro atoms. The molecule has 0 bridgehead atoms. The molecule has 1 aliphatic heterocycles. The third kappa shape index (κ3) is 1.27. The van der Waals surface area contributed by atoms with E-state index in [2.05, 4.69) is 51.1 Å². The lowest BCUT2D eigenvalue weighted by Gasteiger charge is -2.51. The Bertz CT molecular complexity index is 304. The quantitative estimate of drug-likeness (QED) is 0.661. The summed E-state index contributed by atoms with van der Waals surface area (Å²) in [6.07, 6.45) is 0. The van der Waals surface area contributed by atoms with Gasteiger partial charge in [0.1, 0.15) is 0 Å². The summed E-state index contributed by atoms with van der Waals surface area (Å²) in [5.41, 5.74) is 1.92. The van der Waals surface area contributed by atoms with Crippen molar-refractivity contribution in [1.29, 1.82) is 0 Å². The van der Waals surface area contributed by atoms with Gasteiger partial charge in [-0.2, -0.15) is 0 Å². The molecule has 1 nitrogen and oxygen atoms in total. The summed E-state index contributed by atoms with van der Waals surface area (Å²) in [6, 6.07) is 10.7. The van der Waals surface area contributed by atoms with Crippen molar-refractivity contribution in [3.63, 3.8) is 0 Å². The highest BCUT2D eigenvalue weighted by Gasteiger charge is 2.49. The Hall–Kier alpha value is -0.820. The van der Waals surface area contributed by atoms with Crippen LogP contribution in [0.3, 0.4) is 0 Å². The lowest BCUT2D eigenvalue weighted by atomic mass is 9.61. The predicted molar refractivity (Wildman–Crippen MR) is 58.4 cm³/mol. The molecule has 1 saturated heterocycles. The standard InChI is InChI=1S/C13H18O/c1-12(2,3)13(9-14-10-13)11-7-5-4-6-8-11/h4-8H,9-10H2,1-3H3. The molecule has 1 heteroatoms. The van der Waals surface area contributed by atoms with Gasteiger partial charge >= 0.3 is 0 Å². The average Bonchev–Trinajstić information content (AvgIpc) is 2.01. The molecule has 0 radical (unpaired) electrons. The van der Waals surface area contributed by atoms with Gasteiger partial charge < -0.3 is 4.74 Å². The van der Waals surface area contributed by atoms with Gasteiger partial charge in [0.25, 0.3) is 0 Å². The van der Waals surface area contributed by atoms with Gasteiger partial charge in [0.2, 0.25) is 0 Å². The molecule has 1 heterocycles.